The summed E-state index contributed by atoms with van der Waals surface area (Å²) in [6.07, 6.45) is 9.99. The predicted octanol–water partition coefficient (Wildman–Crippen LogP) is 3.45. The van der Waals surface area contributed by atoms with E-state index < -0.39 is 0 Å². The van der Waals surface area contributed by atoms with Gasteiger partial charge >= 0.3 is 0 Å². The maximum absolute atomic E-state index is 6.36. The minimum Gasteiger partial charge on any atom is -0.491 e. The molecule has 1 aromatic rings. The Labute approximate surface area is 127 Å². The van der Waals surface area contributed by atoms with E-state index in [1.54, 1.807) is 0 Å². The Morgan fingerprint density at radius 3 is 2.76 bits per heavy atom. The highest BCUT2D eigenvalue weighted by molar-refractivity contribution is 5.33. The van der Waals surface area contributed by atoms with Crippen molar-refractivity contribution in [2.45, 2.75) is 63.1 Å². The summed E-state index contributed by atoms with van der Waals surface area (Å²) in [6, 6.07) is 8.20. The van der Waals surface area contributed by atoms with Crippen LogP contribution in [0.25, 0.3) is 0 Å². The molecule has 2 N–H and O–H groups in total. The highest BCUT2D eigenvalue weighted by Crippen LogP contribution is 2.42. The number of nitrogens with two attached hydrogens (primary N) is 1. The van der Waals surface area contributed by atoms with Crippen molar-refractivity contribution < 1.29 is 9.47 Å². The van der Waals surface area contributed by atoms with Gasteiger partial charge in [0.05, 0.1) is 11.7 Å². The lowest BCUT2D eigenvalue weighted by molar-refractivity contribution is -0.0749. The Balaban J connectivity index is 1.54. The summed E-state index contributed by atoms with van der Waals surface area (Å²) in [7, 11) is 0. The van der Waals surface area contributed by atoms with Crippen LogP contribution < -0.4 is 10.5 Å². The summed E-state index contributed by atoms with van der Waals surface area (Å²) in [4.78, 5) is 0. The summed E-state index contributed by atoms with van der Waals surface area (Å²) in [6.45, 7) is 1.33. The third kappa shape index (κ3) is 3.58. The number of hydrogen-bond donors (Lipinski definition) is 1. The predicted molar refractivity (Wildman–Crippen MR) is 84.6 cm³/mol. The molecule has 2 fully saturated rings. The molecule has 1 aliphatic heterocycles. The molecule has 0 aromatic heterocycles. The van der Waals surface area contributed by atoms with E-state index >= 15 is 0 Å². The maximum Gasteiger partial charge on any atom is 0.122 e. The standard InChI is InChI=1S/C18H27NO2/c19-13-9-15-6-2-3-7-17(15)20-14-16-8-12-18(21-16)10-4-1-5-11-18/h2-3,6-7,16H,1,4-5,8-14,19H2. The zero-order valence-corrected chi connectivity index (χ0v) is 12.9. The monoisotopic (exact) mass is 289 g/mol. The molecular weight excluding hydrogens is 262 g/mol. The van der Waals surface area contributed by atoms with Crippen LogP contribution in [0.3, 0.4) is 0 Å². The van der Waals surface area contributed by atoms with Gasteiger partial charge in [-0.15, -0.1) is 0 Å². The molecule has 1 aromatic carbocycles. The summed E-state index contributed by atoms with van der Waals surface area (Å²) in [5, 5.41) is 0. The van der Waals surface area contributed by atoms with Gasteiger partial charge in [0.25, 0.3) is 0 Å². The first-order valence-corrected chi connectivity index (χ1v) is 8.40. The van der Waals surface area contributed by atoms with Crippen molar-refractivity contribution in [1.82, 2.24) is 0 Å². The fraction of sp³-hybridized carbons (Fsp3) is 0.667. The number of benzene rings is 1. The Morgan fingerprint density at radius 1 is 1.14 bits per heavy atom. The average Bonchev–Trinajstić information content (AvgIpc) is 2.90. The van der Waals surface area contributed by atoms with Crippen molar-refractivity contribution in [2.75, 3.05) is 13.2 Å². The van der Waals surface area contributed by atoms with E-state index in [1.807, 2.05) is 18.2 Å². The van der Waals surface area contributed by atoms with Crippen LogP contribution in [0.15, 0.2) is 24.3 Å². The quantitative estimate of drug-likeness (QED) is 0.903. The molecular formula is C18H27NO2. The van der Waals surface area contributed by atoms with Gasteiger partial charge < -0.3 is 15.2 Å². The fourth-order valence-corrected chi connectivity index (χ4v) is 3.77. The van der Waals surface area contributed by atoms with Crippen LogP contribution in [0.5, 0.6) is 5.75 Å². The molecule has 2 aliphatic rings. The summed E-state index contributed by atoms with van der Waals surface area (Å²) < 4.78 is 12.4. The normalized spacial score (nSPS) is 24.3. The van der Waals surface area contributed by atoms with E-state index in [9.17, 15) is 0 Å². The summed E-state index contributed by atoms with van der Waals surface area (Å²) >= 11 is 0. The third-order valence-electron chi connectivity index (χ3n) is 4.91. The average molecular weight is 289 g/mol. The largest absolute Gasteiger partial charge is 0.491 e. The van der Waals surface area contributed by atoms with Gasteiger partial charge in [0.15, 0.2) is 0 Å². The highest BCUT2D eigenvalue weighted by Gasteiger charge is 2.40. The Kier molecular flexibility index (Phi) is 4.81. The summed E-state index contributed by atoms with van der Waals surface area (Å²) in [5.41, 5.74) is 7.04. The Bertz CT molecular complexity index is 454. The molecule has 1 heterocycles. The van der Waals surface area contributed by atoms with Crippen LogP contribution in [0.1, 0.15) is 50.5 Å². The Morgan fingerprint density at radius 2 is 1.95 bits per heavy atom. The van der Waals surface area contributed by atoms with Crippen molar-refractivity contribution in [3.8, 4) is 5.75 Å². The molecule has 3 nitrogen and oxygen atoms in total. The van der Waals surface area contributed by atoms with Gasteiger partial charge in [0.1, 0.15) is 12.4 Å². The van der Waals surface area contributed by atoms with Gasteiger partial charge in [-0.25, -0.2) is 0 Å². The number of hydrogen-bond acceptors (Lipinski definition) is 3. The van der Waals surface area contributed by atoms with Gasteiger partial charge in [-0.1, -0.05) is 37.5 Å². The van der Waals surface area contributed by atoms with E-state index in [0.29, 0.717) is 13.2 Å². The first-order valence-electron chi connectivity index (χ1n) is 8.40. The molecule has 0 amide bonds. The third-order valence-corrected chi connectivity index (χ3v) is 4.91. The highest BCUT2D eigenvalue weighted by atomic mass is 16.6. The maximum atomic E-state index is 6.36. The molecule has 3 heteroatoms. The van der Waals surface area contributed by atoms with Crippen molar-refractivity contribution in [2.24, 2.45) is 5.73 Å². The fourth-order valence-electron chi connectivity index (χ4n) is 3.77. The second kappa shape index (κ2) is 6.80. The Hall–Kier alpha value is -1.06. The number of para-hydroxylation sites is 1. The number of rotatable bonds is 5. The molecule has 1 aliphatic carbocycles. The van der Waals surface area contributed by atoms with Crippen LogP contribution >= 0.6 is 0 Å². The SMILES string of the molecule is NCCc1ccccc1OCC1CCC2(CCCCC2)O1. The van der Waals surface area contributed by atoms with E-state index in [1.165, 1.54) is 44.1 Å². The topological polar surface area (TPSA) is 44.5 Å². The molecule has 21 heavy (non-hydrogen) atoms. The van der Waals surface area contributed by atoms with Gasteiger partial charge in [0.2, 0.25) is 0 Å². The van der Waals surface area contributed by atoms with Crippen molar-refractivity contribution >= 4 is 0 Å². The minimum absolute atomic E-state index is 0.184. The van der Waals surface area contributed by atoms with Crippen LogP contribution in [-0.2, 0) is 11.2 Å². The molecule has 1 unspecified atom stereocenters. The van der Waals surface area contributed by atoms with Crippen molar-refractivity contribution in [3.05, 3.63) is 29.8 Å². The molecule has 3 rings (SSSR count). The lowest BCUT2D eigenvalue weighted by Crippen LogP contribution is -2.33. The molecule has 1 saturated carbocycles. The zero-order chi connectivity index (χ0) is 14.5. The zero-order valence-electron chi connectivity index (χ0n) is 12.9. The lowest BCUT2D eigenvalue weighted by atomic mass is 9.83. The summed E-state index contributed by atoms with van der Waals surface area (Å²) in [5.74, 6) is 0.969. The first-order chi connectivity index (χ1) is 10.3. The molecule has 0 radical (unpaired) electrons. The number of ether oxygens (including phenoxy) is 2. The van der Waals surface area contributed by atoms with E-state index in [0.717, 1.165) is 18.6 Å². The van der Waals surface area contributed by atoms with Gasteiger partial charge in [0, 0.05) is 0 Å². The van der Waals surface area contributed by atoms with Crippen LogP contribution in [-0.4, -0.2) is 24.9 Å². The molecule has 0 bridgehead atoms. The van der Waals surface area contributed by atoms with Crippen molar-refractivity contribution in [3.63, 3.8) is 0 Å². The smallest absolute Gasteiger partial charge is 0.122 e. The molecule has 116 valence electrons. The second-order valence-corrected chi connectivity index (χ2v) is 6.48. The van der Waals surface area contributed by atoms with Gasteiger partial charge in [-0.05, 0) is 50.3 Å². The lowest BCUT2D eigenvalue weighted by Gasteiger charge is -2.33. The van der Waals surface area contributed by atoms with Crippen LogP contribution in [0.2, 0.25) is 0 Å². The molecule has 1 spiro atoms. The first kappa shape index (κ1) is 14.9. The molecule has 1 atom stereocenters. The van der Waals surface area contributed by atoms with Crippen molar-refractivity contribution in [1.29, 1.82) is 0 Å². The molecule has 1 saturated heterocycles. The minimum atomic E-state index is 0.184. The van der Waals surface area contributed by atoms with Gasteiger partial charge in [-0.2, -0.15) is 0 Å². The van der Waals surface area contributed by atoms with Crippen LogP contribution in [0, 0.1) is 0 Å². The van der Waals surface area contributed by atoms with Crippen LogP contribution in [0.4, 0.5) is 0 Å². The van der Waals surface area contributed by atoms with E-state index in [2.05, 4.69) is 6.07 Å². The second-order valence-electron chi connectivity index (χ2n) is 6.48. The van der Waals surface area contributed by atoms with Gasteiger partial charge in [-0.3, -0.25) is 0 Å². The van der Waals surface area contributed by atoms with E-state index in [-0.39, 0.29) is 11.7 Å². The van der Waals surface area contributed by atoms with E-state index in [4.69, 9.17) is 15.2 Å².